The monoisotopic (exact) mass is 366 g/mol. The fourth-order valence-electron chi connectivity index (χ4n) is 1.79. The minimum absolute atomic E-state index is 0.00945. The van der Waals surface area contributed by atoms with Gasteiger partial charge in [-0.15, -0.1) is 11.3 Å². The third-order valence-corrected chi connectivity index (χ3v) is 3.78. The summed E-state index contributed by atoms with van der Waals surface area (Å²) >= 11 is 1.14. The Bertz CT molecular complexity index is 760. The number of aromatic nitrogens is 1. The number of hydrogen-bond donors (Lipinski definition) is 1. The maximum Gasteiger partial charge on any atom is 0.311 e. The Morgan fingerprint density at radius 1 is 1.16 bits per heavy atom. The lowest BCUT2D eigenvalue weighted by Gasteiger charge is -2.05. The van der Waals surface area contributed by atoms with E-state index in [0.717, 1.165) is 11.3 Å². The molecule has 0 aliphatic heterocycles. The number of hydrogen-bond acceptors (Lipinski definition) is 7. The minimum Gasteiger partial charge on any atom is -0.469 e. The van der Waals surface area contributed by atoms with E-state index in [1.165, 1.54) is 31.4 Å². The van der Waals surface area contributed by atoms with Gasteiger partial charge in [-0.3, -0.25) is 19.7 Å². The summed E-state index contributed by atoms with van der Waals surface area (Å²) < 4.78 is 22.2. The van der Waals surface area contributed by atoms with Crippen LogP contribution in [0, 0.1) is 5.82 Å². The van der Waals surface area contributed by atoms with Crippen molar-refractivity contribution >= 4 is 34.3 Å². The molecule has 1 aromatic heterocycles. The molecule has 1 N–H and O–H groups in total. The first-order chi connectivity index (χ1) is 12.0. The van der Waals surface area contributed by atoms with Crippen LogP contribution in [-0.4, -0.2) is 36.5 Å². The van der Waals surface area contributed by atoms with Crippen molar-refractivity contribution in [1.82, 2.24) is 4.98 Å². The highest BCUT2D eigenvalue weighted by Crippen LogP contribution is 2.16. The number of ether oxygens (including phenoxy) is 2. The van der Waals surface area contributed by atoms with Crippen LogP contribution in [0.5, 0.6) is 0 Å². The zero-order valence-electron chi connectivity index (χ0n) is 13.3. The van der Waals surface area contributed by atoms with Gasteiger partial charge in [-0.25, -0.2) is 9.37 Å². The van der Waals surface area contributed by atoms with Crippen molar-refractivity contribution in [2.45, 2.75) is 12.8 Å². The Labute approximate surface area is 146 Å². The van der Waals surface area contributed by atoms with Crippen molar-refractivity contribution in [3.63, 3.8) is 0 Å². The van der Waals surface area contributed by atoms with Crippen molar-refractivity contribution in [1.29, 1.82) is 0 Å². The number of halogens is 1. The quantitative estimate of drug-likeness (QED) is 0.750. The van der Waals surface area contributed by atoms with Crippen LogP contribution in [0.25, 0.3) is 0 Å². The van der Waals surface area contributed by atoms with Crippen LogP contribution in [0.15, 0.2) is 29.6 Å². The molecule has 0 bridgehead atoms. The second kappa shape index (κ2) is 8.88. The standard InChI is InChI=1S/C16H15FN2O5S/c1-23-14(21)7-12-9-25-16(18-12)19-13(20)8-24-15(22)6-10-2-4-11(17)5-3-10/h2-5,9H,6-8H2,1H3,(H,18,19,20). The highest BCUT2D eigenvalue weighted by atomic mass is 32.1. The van der Waals surface area contributed by atoms with Gasteiger partial charge in [0.25, 0.3) is 5.91 Å². The number of amides is 1. The molecule has 25 heavy (non-hydrogen) atoms. The first kappa shape index (κ1) is 18.5. The summed E-state index contributed by atoms with van der Waals surface area (Å²) in [6, 6.07) is 5.41. The Kier molecular flexibility index (Phi) is 6.58. The van der Waals surface area contributed by atoms with E-state index in [2.05, 4.69) is 15.0 Å². The fraction of sp³-hybridized carbons (Fsp3) is 0.250. The van der Waals surface area contributed by atoms with Gasteiger partial charge in [0.15, 0.2) is 11.7 Å². The predicted molar refractivity (Wildman–Crippen MR) is 87.5 cm³/mol. The van der Waals surface area contributed by atoms with Gasteiger partial charge in [0.2, 0.25) is 0 Å². The molecule has 2 aromatic rings. The highest BCUT2D eigenvalue weighted by Gasteiger charge is 2.12. The van der Waals surface area contributed by atoms with Crippen LogP contribution in [-0.2, 0) is 36.7 Å². The molecular weight excluding hydrogens is 351 g/mol. The molecule has 0 aliphatic rings. The van der Waals surface area contributed by atoms with Crippen molar-refractivity contribution in [3.8, 4) is 0 Å². The summed E-state index contributed by atoms with van der Waals surface area (Å²) in [6.07, 6.45) is -0.0520. The lowest BCUT2D eigenvalue weighted by Crippen LogP contribution is -2.21. The summed E-state index contributed by atoms with van der Waals surface area (Å²) in [5, 5.41) is 4.38. The maximum atomic E-state index is 12.8. The Morgan fingerprint density at radius 3 is 2.56 bits per heavy atom. The fourth-order valence-corrected chi connectivity index (χ4v) is 2.51. The number of nitrogens with one attached hydrogen (secondary N) is 1. The van der Waals surface area contributed by atoms with Crippen LogP contribution in [0.1, 0.15) is 11.3 Å². The highest BCUT2D eigenvalue weighted by molar-refractivity contribution is 7.13. The summed E-state index contributed by atoms with van der Waals surface area (Å²) in [5.41, 5.74) is 1.06. The molecule has 0 aliphatic carbocycles. The number of benzene rings is 1. The van der Waals surface area contributed by atoms with Crippen LogP contribution in [0.2, 0.25) is 0 Å². The van der Waals surface area contributed by atoms with Gasteiger partial charge < -0.3 is 9.47 Å². The van der Waals surface area contributed by atoms with Gasteiger partial charge in [0, 0.05) is 5.38 Å². The lowest BCUT2D eigenvalue weighted by molar-refractivity contribution is -0.146. The molecule has 1 heterocycles. The number of thiazole rings is 1. The molecule has 0 saturated heterocycles. The number of carbonyl (C=O) groups excluding carboxylic acids is 3. The Morgan fingerprint density at radius 2 is 1.88 bits per heavy atom. The second-order valence-corrected chi connectivity index (χ2v) is 5.77. The van der Waals surface area contributed by atoms with Crippen molar-refractivity contribution in [2.75, 3.05) is 19.0 Å². The second-order valence-electron chi connectivity index (χ2n) is 4.91. The third-order valence-electron chi connectivity index (χ3n) is 2.98. The number of esters is 2. The molecule has 0 unspecified atom stereocenters. The van der Waals surface area contributed by atoms with Gasteiger partial charge in [-0.2, -0.15) is 0 Å². The molecular formula is C16H15FN2O5S. The molecule has 1 amide bonds. The van der Waals surface area contributed by atoms with Gasteiger partial charge in [0.05, 0.1) is 25.6 Å². The van der Waals surface area contributed by atoms with Gasteiger partial charge in [-0.05, 0) is 17.7 Å². The smallest absolute Gasteiger partial charge is 0.311 e. The number of carbonyl (C=O) groups is 3. The molecule has 0 fully saturated rings. The van der Waals surface area contributed by atoms with E-state index in [0.29, 0.717) is 16.4 Å². The topological polar surface area (TPSA) is 94.6 Å². The SMILES string of the molecule is COC(=O)Cc1csc(NC(=O)COC(=O)Cc2ccc(F)cc2)n1. The number of methoxy groups -OCH3 is 1. The maximum absolute atomic E-state index is 12.8. The Balaban J connectivity index is 1.75. The zero-order valence-corrected chi connectivity index (χ0v) is 14.1. The van der Waals surface area contributed by atoms with E-state index in [-0.39, 0.29) is 12.8 Å². The van der Waals surface area contributed by atoms with E-state index in [9.17, 15) is 18.8 Å². The summed E-state index contributed by atoms with van der Waals surface area (Å²) in [7, 11) is 1.28. The first-order valence-electron chi connectivity index (χ1n) is 7.17. The van der Waals surface area contributed by atoms with Gasteiger partial charge in [0.1, 0.15) is 5.82 Å². The number of anilines is 1. The van der Waals surface area contributed by atoms with Gasteiger partial charge >= 0.3 is 11.9 Å². The molecule has 9 heteroatoms. The number of rotatable bonds is 7. The van der Waals surface area contributed by atoms with Crippen LogP contribution >= 0.6 is 11.3 Å². The molecule has 0 spiro atoms. The normalized spacial score (nSPS) is 10.2. The van der Waals surface area contributed by atoms with E-state index >= 15 is 0 Å². The van der Waals surface area contributed by atoms with Gasteiger partial charge in [-0.1, -0.05) is 12.1 Å². The van der Waals surface area contributed by atoms with E-state index in [4.69, 9.17) is 4.74 Å². The summed E-state index contributed by atoms with van der Waals surface area (Å²) in [5.74, 6) is -1.98. The molecule has 2 rings (SSSR count). The molecule has 7 nitrogen and oxygen atoms in total. The average molecular weight is 366 g/mol. The number of nitrogens with zero attached hydrogens (tertiary/aromatic N) is 1. The average Bonchev–Trinajstić information content (AvgIpc) is 3.01. The van der Waals surface area contributed by atoms with Crippen molar-refractivity contribution in [3.05, 3.63) is 46.7 Å². The van der Waals surface area contributed by atoms with Crippen molar-refractivity contribution in [2.24, 2.45) is 0 Å². The van der Waals surface area contributed by atoms with Crippen LogP contribution in [0.3, 0.4) is 0 Å². The predicted octanol–water partition coefficient (Wildman–Crippen LogP) is 1.72. The van der Waals surface area contributed by atoms with E-state index < -0.39 is 30.3 Å². The molecule has 132 valence electrons. The van der Waals surface area contributed by atoms with E-state index in [1.54, 1.807) is 5.38 Å². The Hall–Kier alpha value is -2.81. The molecule has 0 saturated carbocycles. The lowest BCUT2D eigenvalue weighted by atomic mass is 10.1. The van der Waals surface area contributed by atoms with E-state index in [1.807, 2.05) is 0 Å². The minimum atomic E-state index is -0.604. The summed E-state index contributed by atoms with van der Waals surface area (Å²) in [6.45, 7) is -0.466. The molecule has 0 radical (unpaired) electrons. The summed E-state index contributed by atoms with van der Waals surface area (Å²) in [4.78, 5) is 38.6. The third kappa shape index (κ3) is 6.30. The molecule has 1 aromatic carbocycles. The largest absolute Gasteiger partial charge is 0.469 e. The van der Waals surface area contributed by atoms with Crippen LogP contribution < -0.4 is 5.32 Å². The first-order valence-corrected chi connectivity index (χ1v) is 8.05. The van der Waals surface area contributed by atoms with Crippen LogP contribution in [0.4, 0.5) is 9.52 Å². The van der Waals surface area contributed by atoms with Crippen molar-refractivity contribution < 1.29 is 28.2 Å². The zero-order chi connectivity index (χ0) is 18.2. The molecule has 0 atom stereocenters.